The molecule has 28 heavy (non-hydrogen) atoms. The van der Waals surface area contributed by atoms with Crippen LogP contribution in [0, 0.1) is 0 Å². The van der Waals surface area contributed by atoms with Crippen LogP contribution >= 0.6 is 11.8 Å². The van der Waals surface area contributed by atoms with E-state index in [-0.39, 0.29) is 11.6 Å². The van der Waals surface area contributed by atoms with Crippen molar-refractivity contribution in [3.05, 3.63) is 35.7 Å². The minimum absolute atomic E-state index is 0.0874. The molecular weight excluding hydrogens is 391 g/mol. The predicted molar refractivity (Wildman–Crippen MR) is 101 cm³/mol. The third-order valence-corrected chi connectivity index (χ3v) is 5.83. The topological polar surface area (TPSA) is 85.8 Å². The zero-order chi connectivity index (χ0) is 20.3. The van der Waals surface area contributed by atoms with Crippen LogP contribution in [0.1, 0.15) is 56.3 Å². The van der Waals surface area contributed by atoms with Crippen LogP contribution in [0.4, 0.5) is 18.9 Å². The molecule has 1 amide bonds. The molecule has 0 bridgehead atoms. The highest BCUT2D eigenvalue weighted by Gasteiger charge is 2.31. The summed E-state index contributed by atoms with van der Waals surface area (Å²) in [5, 5.41) is 10.6. The number of aromatic nitrogens is 3. The van der Waals surface area contributed by atoms with Gasteiger partial charge in [-0.15, -0.1) is 10.2 Å². The van der Waals surface area contributed by atoms with Crippen molar-refractivity contribution in [1.82, 2.24) is 14.9 Å². The van der Waals surface area contributed by atoms with Gasteiger partial charge < -0.3 is 11.2 Å². The van der Waals surface area contributed by atoms with E-state index in [0.29, 0.717) is 11.0 Å². The molecule has 10 heteroatoms. The lowest BCUT2D eigenvalue weighted by Crippen LogP contribution is -2.24. The Balaban J connectivity index is 1.64. The Bertz CT molecular complexity index is 833. The normalized spacial score (nSPS) is 16.7. The molecule has 152 valence electrons. The monoisotopic (exact) mass is 413 g/mol. The number of nitrogens with two attached hydrogens (primary N) is 1. The maximum atomic E-state index is 12.8. The van der Waals surface area contributed by atoms with Crippen LogP contribution in [0.15, 0.2) is 29.4 Å². The Morgan fingerprint density at radius 2 is 2.00 bits per heavy atom. The van der Waals surface area contributed by atoms with E-state index in [1.54, 1.807) is 6.92 Å². The van der Waals surface area contributed by atoms with Crippen molar-refractivity contribution in [2.45, 2.75) is 61.5 Å². The second-order valence-electron chi connectivity index (χ2n) is 6.87. The van der Waals surface area contributed by atoms with Gasteiger partial charge in [0.15, 0.2) is 5.82 Å². The van der Waals surface area contributed by atoms with Crippen LogP contribution in [0.25, 0.3) is 0 Å². The first kappa shape index (κ1) is 20.5. The van der Waals surface area contributed by atoms with Crippen molar-refractivity contribution >= 4 is 23.4 Å². The highest BCUT2D eigenvalue weighted by atomic mass is 32.2. The van der Waals surface area contributed by atoms with Crippen LogP contribution in [0.5, 0.6) is 0 Å². The SMILES string of the molecule is CC(Sc1nnc(C2CCCCC2)n1N)C(=O)Nc1cccc(C(F)(F)F)c1. The van der Waals surface area contributed by atoms with Crippen LogP contribution < -0.4 is 11.2 Å². The molecule has 1 aliphatic carbocycles. The molecule has 6 nitrogen and oxygen atoms in total. The first-order chi connectivity index (χ1) is 13.3. The van der Waals surface area contributed by atoms with E-state index < -0.39 is 22.9 Å². The number of amides is 1. The van der Waals surface area contributed by atoms with E-state index >= 15 is 0 Å². The molecule has 3 N–H and O–H groups in total. The Kier molecular flexibility index (Phi) is 6.17. The fourth-order valence-corrected chi connectivity index (χ4v) is 4.01. The Morgan fingerprint density at radius 3 is 2.68 bits per heavy atom. The Labute approximate surface area is 165 Å². The molecule has 1 atom stereocenters. The summed E-state index contributed by atoms with van der Waals surface area (Å²) in [7, 11) is 0. The van der Waals surface area contributed by atoms with Crippen LogP contribution in [-0.4, -0.2) is 26.0 Å². The number of anilines is 1. The van der Waals surface area contributed by atoms with E-state index in [1.165, 1.54) is 23.2 Å². The van der Waals surface area contributed by atoms with Gasteiger partial charge in [-0.3, -0.25) is 4.79 Å². The summed E-state index contributed by atoms with van der Waals surface area (Å²) in [6.45, 7) is 1.64. The third kappa shape index (κ3) is 4.78. The number of alkyl halides is 3. The number of nitrogens with zero attached hydrogens (tertiary/aromatic N) is 3. The maximum absolute atomic E-state index is 12.8. The highest BCUT2D eigenvalue weighted by Crippen LogP contribution is 2.33. The average molecular weight is 413 g/mol. The molecule has 1 saturated carbocycles. The van der Waals surface area contributed by atoms with Crippen molar-refractivity contribution < 1.29 is 18.0 Å². The molecular formula is C18H22F3N5OS. The number of rotatable bonds is 5. The Hall–Kier alpha value is -2.23. The number of hydrogen-bond acceptors (Lipinski definition) is 5. The van der Waals surface area contributed by atoms with Crippen LogP contribution in [-0.2, 0) is 11.0 Å². The zero-order valence-electron chi connectivity index (χ0n) is 15.4. The first-order valence-electron chi connectivity index (χ1n) is 9.11. The van der Waals surface area contributed by atoms with Crippen molar-refractivity contribution in [1.29, 1.82) is 0 Å². The van der Waals surface area contributed by atoms with Gasteiger partial charge in [-0.2, -0.15) is 13.2 Å². The number of thioether (sulfide) groups is 1. The molecule has 3 rings (SSSR count). The number of hydrogen-bond donors (Lipinski definition) is 2. The second-order valence-corrected chi connectivity index (χ2v) is 8.18. The van der Waals surface area contributed by atoms with Gasteiger partial charge in [0, 0.05) is 11.6 Å². The van der Waals surface area contributed by atoms with Gasteiger partial charge in [0.1, 0.15) is 0 Å². The number of nitrogens with one attached hydrogen (secondary N) is 1. The molecule has 1 heterocycles. The lowest BCUT2D eigenvalue weighted by molar-refractivity contribution is -0.137. The zero-order valence-corrected chi connectivity index (χ0v) is 16.2. The fourth-order valence-electron chi connectivity index (χ4n) is 3.24. The summed E-state index contributed by atoms with van der Waals surface area (Å²) >= 11 is 1.12. The summed E-state index contributed by atoms with van der Waals surface area (Å²) in [6, 6.07) is 4.53. The minimum atomic E-state index is -4.47. The number of carbonyl (C=O) groups is 1. The quantitative estimate of drug-likeness (QED) is 0.567. The molecule has 0 saturated heterocycles. The third-order valence-electron chi connectivity index (χ3n) is 4.77. The lowest BCUT2D eigenvalue weighted by Gasteiger charge is -2.20. The van der Waals surface area contributed by atoms with Crippen molar-refractivity contribution in [2.24, 2.45) is 0 Å². The molecule has 1 fully saturated rings. The van der Waals surface area contributed by atoms with Gasteiger partial charge in [0.25, 0.3) is 0 Å². The standard InChI is InChI=1S/C18H22F3N5OS/c1-11(16(27)23-14-9-5-8-13(10-14)18(19,20)21)28-17-25-24-15(26(17)22)12-6-3-2-4-7-12/h5,8-12H,2-4,6-7,22H2,1H3,(H,23,27). The number of benzene rings is 1. The molecule has 1 aliphatic rings. The van der Waals surface area contributed by atoms with Gasteiger partial charge in [0.2, 0.25) is 11.1 Å². The van der Waals surface area contributed by atoms with Gasteiger partial charge >= 0.3 is 6.18 Å². The summed E-state index contributed by atoms with van der Waals surface area (Å²) in [4.78, 5) is 12.4. The molecule has 0 radical (unpaired) electrons. The predicted octanol–water partition coefficient (Wildman–Crippen LogP) is 4.18. The molecule has 1 unspecified atom stereocenters. The maximum Gasteiger partial charge on any atom is 0.416 e. The number of halogens is 3. The molecule has 0 aliphatic heterocycles. The summed E-state index contributed by atoms with van der Waals surface area (Å²) in [5.41, 5.74) is -0.728. The van der Waals surface area contributed by atoms with E-state index in [0.717, 1.165) is 49.6 Å². The highest BCUT2D eigenvalue weighted by molar-refractivity contribution is 8.00. The van der Waals surface area contributed by atoms with Crippen LogP contribution in [0.2, 0.25) is 0 Å². The van der Waals surface area contributed by atoms with E-state index in [2.05, 4.69) is 15.5 Å². The molecule has 2 aromatic rings. The fraction of sp³-hybridized carbons (Fsp3) is 0.500. The van der Waals surface area contributed by atoms with Crippen molar-refractivity contribution in [3.8, 4) is 0 Å². The minimum Gasteiger partial charge on any atom is -0.336 e. The van der Waals surface area contributed by atoms with Gasteiger partial charge in [-0.05, 0) is 38.0 Å². The van der Waals surface area contributed by atoms with Crippen LogP contribution in [0.3, 0.4) is 0 Å². The average Bonchev–Trinajstić information content (AvgIpc) is 3.02. The van der Waals surface area contributed by atoms with E-state index in [4.69, 9.17) is 5.84 Å². The molecule has 1 aromatic heterocycles. The van der Waals surface area contributed by atoms with Gasteiger partial charge in [-0.1, -0.05) is 37.1 Å². The second kappa shape index (κ2) is 8.42. The molecule has 0 spiro atoms. The molecule has 1 aromatic carbocycles. The first-order valence-corrected chi connectivity index (χ1v) is 9.99. The summed E-state index contributed by atoms with van der Waals surface area (Å²) < 4.78 is 39.8. The summed E-state index contributed by atoms with van der Waals surface area (Å²) in [6.07, 6.45) is 1.05. The van der Waals surface area contributed by atoms with Crippen molar-refractivity contribution in [2.75, 3.05) is 11.2 Å². The summed E-state index contributed by atoms with van der Waals surface area (Å²) in [5.74, 6) is 6.67. The lowest BCUT2D eigenvalue weighted by atomic mass is 9.89. The van der Waals surface area contributed by atoms with Gasteiger partial charge in [0.05, 0.1) is 10.8 Å². The Morgan fingerprint density at radius 1 is 1.29 bits per heavy atom. The van der Waals surface area contributed by atoms with E-state index in [9.17, 15) is 18.0 Å². The van der Waals surface area contributed by atoms with E-state index in [1.807, 2.05) is 0 Å². The van der Waals surface area contributed by atoms with Crippen molar-refractivity contribution in [3.63, 3.8) is 0 Å². The smallest absolute Gasteiger partial charge is 0.336 e. The van der Waals surface area contributed by atoms with Gasteiger partial charge in [-0.25, -0.2) is 4.68 Å². The number of nitrogen functional groups attached to an aromatic ring is 1. The largest absolute Gasteiger partial charge is 0.416 e. The number of carbonyl (C=O) groups excluding carboxylic acids is 1.